The monoisotopic (exact) mass is 310 g/mol. The van der Waals surface area contributed by atoms with Crippen molar-refractivity contribution in [3.63, 3.8) is 0 Å². The number of amides is 1. The lowest BCUT2D eigenvalue weighted by atomic mass is 10.2. The van der Waals surface area contributed by atoms with Gasteiger partial charge in [0.1, 0.15) is 10.7 Å². The van der Waals surface area contributed by atoms with Gasteiger partial charge in [-0.15, -0.1) is 11.3 Å². The van der Waals surface area contributed by atoms with Crippen molar-refractivity contribution >= 4 is 44.8 Å². The van der Waals surface area contributed by atoms with Crippen molar-refractivity contribution < 1.29 is 9.18 Å². The third-order valence-electron chi connectivity index (χ3n) is 3.71. The molecule has 3 nitrogen and oxygen atoms in total. The number of nitrogen functional groups attached to an aromatic ring is 1. The van der Waals surface area contributed by atoms with Crippen LogP contribution < -0.4 is 11.1 Å². The summed E-state index contributed by atoms with van der Waals surface area (Å²) in [6.07, 6.45) is 4.35. The van der Waals surface area contributed by atoms with Gasteiger partial charge in [0, 0.05) is 21.4 Å². The van der Waals surface area contributed by atoms with Gasteiger partial charge in [-0.05, 0) is 37.3 Å². The van der Waals surface area contributed by atoms with Crippen molar-refractivity contribution in [1.29, 1.82) is 0 Å². The number of carbonyl (C=O) groups is 1. The second kappa shape index (κ2) is 4.93. The number of nitrogens with one attached hydrogen (secondary N) is 1. The molecule has 1 aromatic carbocycles. The summed E-state index contributed by atoms with van der Waals surface area (Å²) in [7, 11) is 0. The van der Waals surface area contributed by atoms with E-state index in [0.29, 0.717) is 22.5 Å². The van der Waals surface area contributed by atoms with E-state index in [9.17, 15) is 9.18 Å². The second-order valence-corrected chi connectivity index (χ2v) is 7.38. The maximum absolute atomic E-state index is 13.2. The fraction of sp³-hybridized carbons (Fsp3) is 0.357. The predicted octanol–water partition coefficient (Wildman–Crippen LogP) is 3.25. The van der Waals surface area contributed by atoms with E-state index in [1.807, 2.05) is 0 Å². The molecule has 3 rings (SSSR count). The largest absolute Gasteiger partial charge is 0.397 e. The average Bonchev–Trinajstić information content (AvgIpc) is 3.16. The zero-order valence-corrected chi connectivity index (χ0v) is 12.7. The zero-order valence-electron chi connectivity index (χ0n) is 11.0. The summed E-state index contributed by atoms with van der Waals surface area (Å²) in [5.74, 6) is -0.502. The van der Waals surface area contributed by atoms with Gasteiger partial charge in [0.2, 0.25) is 0 Å². The molecule has 1 saturated carbocycles. The highest BCUT2D eigenvalue weighted by Crippen LogP contribution is 2.46. The van der Waals surface area contributed by atoms with Crippen LogP contribution in [0.4, 0.5) is 10.1 Å². The number of thiophene rings is 1. The Bertz CT molecular complexity index is 679. The minimum Gasteiger partial charge on any atom is -0.397 e. The van der Waals surface area contributed by atoms with Gasteiger partial charge in [-0.2, -0.15) is 11.8 Å². The van der Waals surface area contributed by atoms with E-state index in [-0.39, 0.29) is 16.5 Å². The van der Waals surface area contributed by atoms with Gasteiger partial charge in [-0.25, -0.2) is 4.39 Å². The van der Waals surface area contributed by atoms with Crippen LogP contribution in [-0.4, -0.2) is 23.5 Å². The lowest BCUT2D eigenvalue weighted by molar-refractivity contribution is 0.0958. The number of anilines is 1. The molecule has 106 valence electrons. The number of carbonyl (C=O) groups excluding carboxylic acids is 1. The van der Waals surface area contributed by atoms with E-state index in [2.05, 4.69) is 11.6 Å². The topological polar surface area (TPSA) is 55.1 Å². The number of rotatable bonds is 4. The molecule has 1 aromatic heterocycles. The fourth-order valence-corrected chi connectivity index (χ4v) is 3.92. The van der Waals surface area contributed by atoms with E-state index < -0.39 is 0 Å². The quantitative estimate of drug-likeness (QED) is 0.911. The highest BCUT2D eigenvalue weighted by atomic mass is 32.2. The molecule has 1 heterocycles. The molecule has 0 unspecified atom stereocenters. The highest BCUT2D eigenvalue weighted by molar-refractivity contribution is 8.00. The van der Waals surface area contributed by atoms with Crippen LogP contribution in [-0.2, 0) is 0 Å². The van der Waals surface area contributed by atoms with Gasteiger partial charge in [0.15, 0.2) is 0 Å². The SMILES string of the molecule is CSC1(CNC(=O)c2sc3ccc(F)cc3c2N)CC1. The lowest BCUT2D eigenvalue weighted by Gasteiger charge is -2.12. The molecule has 0 spiro atoms. The molecular formula is C14H15FN2OS2. The van der Waals surface area contributed by atoms with Gasteiger partial charge in [-0.1, -0.05) is 0 Å². The molecule has 1 aliphatic rings. The molecule has 1 fully saturated rings. The lowest BCUT2D eigenvalue weighted by Crippen LogP contribution is -2.31. The molecule has 0 saturated heterocycles. The Morgan fingerprint density at radius 2 is 2.30 bits per heavy atom. The Morgan fingerprint density at radius 3 is 2.95 bits per heavy atom. The number of hydrogen-bond acceptors (Lipinski definition) is 4. The van der Waals surface area contributed by atoms with Crippen molar-refractivity contribution in [2.24, 2.45) is 0 Å². The number of fused-ring (bicyclic) bond motifs is 1. The van der Waals surface area contributed by atoms with Crippen molar-refractivity contribution in [2.45, 2.75) is 17.6 Å². The first-order chi connectivity index (χ1) is 9.54. The van der Waals surface area contributed by atoms with Gasteiger partial charge >= 0.3 is 0 Å². The maximum atomic E-state index is 13.2. The van der Waals surface area contributed by atoms with Crippen LogP contribution >= 0.6 is 23.1 Å². The Morgan fingerprint density at radius 1 is 1.55 bits per heavy atom. The van der Waals surface area contributed by atoms with Crippen molar-refractivity contribution in [2.75, 3.05) is 18.5 Å². The molecule has 1 amide bonds. The zero-order chi connectivity index (χ0) is 14.3. The number of thioether (sulfide) groups is 1. The number of benzene rings is 1. The number of hydrogen-bond donors (Lipinski definition) is 2. The molecule has 0 bridgehead atoms. The molecule has 0 aliphatic heterocycles. The van der Waals surface area contributed by atoms with E-state index in [1.165, 1.54) is 23.5 Å². The summed E-state index contributed by atoms with van der Waals surface area (Å²) in [5.41, 5.74) is 6.35. The summed E-state index contributed by atoms with van der Waals surface area (Å²) in [6, 6.07) is 4.42. The van der Waals surface area contributed by atoms with Crippen LogP contribution in [0.25, 0.3) is 10.1 Å². The van der Waals surface area contributed by atoms with Crippen LogP contribution in [0.3, 0.4) is 0 Å². The number of nitrogens with two attached hydrogens (primary N) is 1. The second-order valence-electron chi connectivity index (χ2n) is 5.06. The van der Waals surface area contributed by atoms with Gasteiger partial charge in [-0.3, -0.25) is 4.79 Å². The summed E-state index contributed by atoms with van der Waals surface area (Å²) in [4.78, 5) is 12.7. The molecular weight excluding hydrogens is 295 g/mol. The molecule has 6 heteroatoms. The van der Waals surface area contributed by atoms with Crippen molar-refractivity contribution in [3.05, 3.63) is 28.9 Å². The first-order valence-electron chi connectivity index (χ1n) is 6.35. The normalized spacial score (nSPS) is 16.3. The average molecular weight is 310 g/mol. The summed E-state index contributed by atoms with van der Waals surface area (Å²) in [6.45, 7) is 0.662. The Balaban J connectivity index is 1.82. The minimum absolute atomic E-state index is 0.163. The number of halogens is 1. The van der Waals surface area contributed by atoms with E-state index in [4.69, 9.17) is 5.73 Å². The van der Waals surface area contributed by atoms with Crippen LogP contribution in [0.15, 0.2) is 18.2 Å². The van der Waals surface area contributed by atoms with Crippen LogP contribution in [0.2, 0.25) is 0 Å². The Labute approximate surface area is 124 Å². The molecule has 20 heavy (non-hydrogen) atoms. The fourth-order valence-electron chi connectivity index (χ4n) is 2.17. The first kappa shape index (κ1) is 13.7. The van der Waals surface area contributed by atoms with E-state index >= 15 is 0 Å². The predicted molar refractivity (Wildman–Crippen MR) is 84.0 cm³/mol. The summed E-state index contributed by atoms with van der Waals surface area (Å²) in [5, 5.41) is 3.56. The third-order valence-corrected chi connectivity index (χ3v) is 6.31. The molecule has 2 aromatic rings. The van der Waals surface area contributed by atoms with E-state index in [1.54, 1.807) is 17.8 Å². The molecule has 0 radical (unpaired) electrons. The van der Waals surface area contributed by atoms with Crippen LogP contribution in [0.5, 0.6) is 0 Å². The standard InChI is InChI=1S/C14H15FN2OS2/c1-19-14(4-5-14)7-17-13(18)12-11(16)9-6-8(15)2-3-10(9)20-12/h2-3,6H,4-5,7,16H2,1H3,(H,17,18). The van der Waals surface area contributed by atoms with Crippen molar-refractivity contribution in [1.82, 2.24) is 5.32 Å². The Hall–Kier alpha value is -1.27. The smallest absolute Gasteiger partial charge is 0.263 e. The maximum Gasteiger partial charge on any atom is 0.263 e. The van der Waals surface area contributed by atoms with Crippen LogP contribution in [0.1, 0.15) is 22.5 Å². The minimum atomic E-state index is -0.340. The first-order valence-corrected chi connectivity index (χ1v) is 8.40. The van der Waals surface area contributed by atoms with Crippen molar-refractivity contribution in [3.8, 4) is 0 Å². The summed E-state index contributed by atoms with van der Waals surface area (Å²) < 4.78 is 14.3. The molecule has 3 N–H and O–H groups in total. The van der Waals surface area contributed by atoms with Crippen LogP contribution in [0, 0.1) is 5.82 Å². The molecule has 0 atom stereocenters. The van der Waals surface area contributed by atoms with Gasteiger partial charge in [0.25, 0.3) is 5.91 Å². The Kier molecular flexibility index (Phi) is 3.38. The third kappa shape index (κ3) is 2.38. The van der Waals surface area contributed by atoms with E-state index in [0.717, 1.165) is 17.5 Å². The van der Waals surface area contributed by atoms with Gasteiger partial charge in [0.05, 0.1) is 5.69 Å². The molecule has 1 aliphatic carbocycles. The highest BCUT2D eigenvalue weighted by Gasteiger charge is 2.42. The van der Waals surface area contributed by atoms with Gasteiger partial charge < -0.3 is 11.1 Å². The summed E-state index contributed by atoms with van der Waals surface area (Å²) >= 11 is 3.10.